The fourth-order valence-corrected chi connectivity index (χ4v) is 3.06. The summed E-state index contributed by atoms with van der Waals surface area (Å²) in [7, 11) is 1.64. The number of pyridine rings is 2. The molecule has 0 bridgehead atoms. The van der Waals surface area contributed by atoms with Gasteiger partial charge in [-0.15, -0.1) is 0 Å². The number of rotatable bonds is 8. The number of carbonyl (C=O) groups excluding carboxylic acids is 1. The molecule has 2 heterocycles. The zero-order valence-corrected chi connectivity index (χ0v) is 20.1. The predicted octanol–water partition coefficient (Wildman–Crippen LogP) is 4.71. The van der Waals surface area contributed by atoms with Gasteiger partial charge in [0.15, 0.2) is 11.6 Å². The molecule has 2 aromatic rings. The lowest BCUT2D eigenvalue weighted by molar-refractivity contribution is -0.138. The monoisotopic (exact) mass is 493 g/mol. The van der Waals surface area contributed by atoms with Crippen LogP contribution in [0.15, 0.2) is 29.5 Å². The van der Waals surface area contributed by atoms with Crippen LogP contribution in [0.1, 0.15) is 48.8 Å². The van der Waals surface area contributed by atoms with Crippen molar-refractivity contribution in [2.45, 2.75) is 46.3 Å². The molecule has 0 N–H and O–H groups in total. The number of nitrogens with zero attached hydrogens (tertiary/aromatic N) is 5. The van der Waals surface area contributed by atoms with Crippen molar-refractivity contribution < 1.29 is 27.1 Å². The van der Waals surface area contributed by atoms with Crippen molar-refractivity contribution in [3.8, 4) is 17.7 Å². The molecule has 2 aromatic heterocycles. The number of hydrogen-bond acceptors (Lipinski definition) is 6. The minimum absolute atomic E-state index is 0.190. The van der Waals surface area contributed by atoms with E-state index in [1.165, 1.54) is 16.1 Å². The van der Waals surface area contributed by atoms with Gasteiger partial charge in [0.1, 0.15) is 6.61 Å². The number of carbonyl (C=O) groups is 1. The van der Waals surface area contributed by atoms with Gasteiger partial charge < -0.3 is 9.64 Å². The third-order valence-corrected chi connectivity index (χ3v) is 4.86. The molecule has 0 radical (unpaired) electrons. The van der Waals surface area contributed by atoms with Crippen molar-refractivity contribution in [3.05, 3.63) is 47.0 Å². The maximum absolute atomic E-state index is 14.1. The Morgan fingerprint density at radius 2 is 2.03 bits per heavy atom. The molecular formula is C24H27F4N5O2. The minimum atomic E-state index is -4.72. The second kappa shape index (κ2) is 12.1. The average molecular weight is 494 g/mol. The highest BCUT2D eigenvalue weighted by molar-refractivity contribution is 5.99. The molecule has 0 saturated heterocycles. The molecule has 2 rings (SSSR count). The maximum atomic E-state index is 14.1. The molecule has 0 aromatic carbocycles. The van der Waals surface area contributed by atoms with E-state index in [1.807, 2.05) is 6.92 Å². The number of halogens is 4. The quantitative estimate of drug-likeness (QED) is 0.231. The van der Waals surface area contributed by atoms with E-state index in [0.717, 1.165) is 0 Å². The Hall–Kier alpha value is -3.68. The van der Waals surface area contributed by atoms with Crippen molar-refractivity contribution in [3.63, 3.8) is 0 Å². The number of amides is 1. The van der Waals surface area contributed by atoms with Crippen molar-refractivity contribution in [2.24, 2.45) is 5.10 Å². The number of anilines is 1. The van der Waals surface area contributed by atoms with Crippen molar-refractivity contribution in [1.29, 1.82) is 0 Å². The molecular weight excluding hydrogens is 466 g/mol. The summed E-state index contributed by atoms with van der Waals surface area (Å²) in [5, 5.41) is 5.65. The standard InChI is InChI=1S/C24H27F4N5O2/c1-6-8-9-12-30-32(5)21-19(11-10-16(3)31-21)23(34)33(7-2)17(4)15-35-22-20(25)13-18(14-29-22)24(26,27)28/h10-14,17H,6-7,15H2,1-5H3/b30-12-/t17-/m0/s1. The summed E-state index contributed by atoms with van der Waals surface area (Å²) in [4.78, 5) is 22.7. The number of aromatic nitrogens is 2. The van der Waals surface area contributed by atoms with Crippen LogP contribution in [0.3, 0.4) is 0 Å². The van der Waals surface area contributed by atoms with Gasteiger partial charge in [-0.05, 0) is 39.0 Å². The van der Waals surface area contributed by atoms with Crippen LogP contribution in [-0.4, -0.2) is 53.2 Å². The first-order valence-corrected chi connectivity index (χ1v) is 10.9. The van der Waals surface area contributed by atoms with Gasteiger partial charge in [0.25, 0.3) is 5.91 Å². The molecule has 1 amide bonds. The number of likely N-dealkylation sites (N-methyl/N-ethyl adjacent to an activating group) is 1. The minimum Gasteiger partial charge on any atom is -0.473 e. The van der Waals surface area contributed by atoms with Crippen LogP contribution < -0.4 is 9.75 Å². The first kappa shape index (κ1) is 27.6. The average Bonchev–Trinajstić information content (AvgIpc) is 2.80. The van der Waals surface area contributed by atoms with Gasteiger partial charge in [0.05, 0.1) is 23.4 Å². The van der Waals surface area contributed by atoms with Crippen LogP contribution in [0.5, 0.6) is 5.88 Å². The fourth-order valence-electron chi connectivity index (χ4n) is 3.06. The lowest BCUT2D eigenvalue weighted by Crippen LogP contribution is -2.42. The lowest BCUT2D eigenvalue weighted by Gasteiger charge is -2.29. The summed E-state index contributed by atoms with van der Waals surface area (Å²) >= 11 is 0. The Bertz CT molecular complexity index is 1130. The summed E-state index contributed by atoms with van der Waals surface area (Å²) in [6, 6.07) is 3.09. The van der Waals surface area contributed by atoms with E-state index in [-0.39, 0.29) is 24.6 Å². The topological polar surface area (TPSA) is 70.9 Å². The first-order valence-electron chi connectivity index (χ1n) is 10.9. The summed E-state index contributed by atoms with van der Waals surface area (Å²) < 4.78 is 57.5. The van der Waals surface area contributed by atoms with E-state index in [2.05, 4.69) is 26.9 Å². The number of ether oxygens (including phenoxy) is 1. The molecule has 0 saturated carbocycles. The van der Waals surface area contributed by atoms with E-state index in [9.17, 15) is 22.4 Å². The van der Waals surface area contributed by atoms with E-state index < -0.39 is 29.5 Å². The molecule has 11 heteroatoms. The van der Waals surface area contributed by atoms with Crippen LogP contribution in [0.2, 0.25) is 0 Å². The van der Waals surface area contributed by atoms with Gasteiger partial charge in [-0.3, -0.25) is 4.79 Å². The first-order chi connectivity index (χ1) is 16.5. The predicted molar refractivity (Wildman–Crippen MR) is 125 cm³/mol. The molecule has 7 nitrogen and oxygen atoms in total. The van der Waals surface area contributed by atoms with Gasteiger partial charge in [0, 0.05) is 31.9 Å². The second-order valence-electron chi connectivity index (χ2n) is 7.53. The zero-order chi connectivity index (χ0) is 26.2. The summed E-state index contributed by atoms with van der Waals surface area (Å²) in [5.41, 5.74) is -0.250. The van der Waals surface area contributed by atoms with E-state index in [1.54, 1.807) is 40.0 Å². The molecule has 0 unspecified atom stereocenters. The Balaban J connectivity index is 2.21. The molecule has 188 valence electrons. The van der Waals surface area contributed by atoms with Gasteiger partial charge >= 0.3 is 6.18 Å². The Kier molecular flexibility index (Phi) is 9.57. The number of hydrazone groups is 1. The van der Waals surface area contributed by atoms with Crippen LogP contribution in [-0.2, 0) is 6.18 Å². The van der Waals surface area contributed by atoms with Gasteiger partial charge in [-0.1, -0.05) is 18.8 Å². The van der Waals surface area contributed by atoms with Crippen LogP contribution in [0, 0.1) is 24.6 Å². The Morgan fingerprint density at radius 1 is 1.31 bits per heavy atom. The van der Waals surface area contributed by atoms with Gasteiger partial charge in [-0.25, -0.2) is 19.4 Å². The highest BCUT2D eigenvalue weighted by Crippen LogP contribution is 2.30. The maximum Gasteiger partial charge on any atom is 0.417 e. The summed E-state index contributed by atoms with van der Waals surface area (Å²) in [5.74, 6) is 3.79. The van der Waals surface area contributed by atoms with Crippen LogP contribution in [0.4, 0.5) is 23.4 Å². The molecule has 0 aliphatic rings. The Labute approximate surface area is 201 Å². The van der Waals surface area contributed by atoms with Crippen LogP contribution >= 0.6 is 0 Å². The van der Waals surface area contributed by atoms with Gasteiger partial charge in [-0.2, -0.15) is 18.3 Å². The largest absolute Gasteiger partial charge is 0.473 e. The summed E-state index contributed by atoms with van der Waals surface area (Å²) in [6.45, 7) is 7.22. The van der Waals surface area contributed by atoms with Crippen LogP contribution in [0.25, 0.3) is 0 Å². The van der Waals surface area contributed by atoms with Crippen molar-refractivity contribution in [2.75, 3.05) is 25.2 Å². The molecule has 0 aliphatic heterocycles. The van der Waals surface area contributed by atoms with E-state index in [4.69, 9.17) is 4.74 Å². The third-order valence-electron chi connectivity index (χ3n) is 4.86. The van der Waals surface area contributed by atoms with E-state index in [0.29, 0.717) is 30.2 Å². The smallest absolute Gasteiger partial charge is 0.417 e. The van der Waals surface area contributed by atoms with Crippen molar-refractivity contribution >= 4 is 17.9 Å². The zero-order valence-electron chi connectivity index (χ0n) is 20.1. The highest BCUT2D eigenvalue weighted by Gasteiger charge is 2.32. The normalized spacial score (nSPS) is 12.1. The molecule has 35 heavy (non-hydrogen) atoms. The van der Waals surface area contributed by atoms with Crippen molar-refractivity contribution in [1.82, 2.24) is 14.9 Å². The number of alkyl halides is 3. The fraction of sp³-hybridized carbons (Fsp3) is 0.417. The SMILES string of the molecule is CCC#C/C=N\N(C)c1nc(C)ccc1C(=O)N(CC)[C@@H](C)COc1ncc(C(F)(F)F)cc1F. The number of hydrogen-bond donors (Lipinski definition) is 0. The summed E-state index contributed by atoms with van der Waals surface area (Å²) in [6.07, 6.45) is -2.12. The molecule has 0 spiro atoms. The second-order valence-corrected chi connectivity index (χ2v) is 7.53. The third kappa shape index (κ3) is 7.40. The molecule has 1 atom stereocenters. The molecule has 0 fully saturated rings. The molecule has 0 aliphatic carbocycles. The lowest BCUT2D eigenvalue weighted by atomic mass is 10.1. The Morgan fingerprint density at radius 3 is 2.63 bits per heavy atom. The van der Waals surface area contributed by atoms with Gasteiger partial charge in [0.2, 0.25) is 5.88 Å². The van der Waals surface area contributed by atoms with E-state index >= 15 is 0 Å². The number of aryl methyl sites for hydroxylation is 1. The highest BCUT2D eigenvalue weighted by atomic mass is 19.4.